The molecule has 0 radical (unpaired) electrons. The number of hydrogen-bond acceptors (Lipinski definition) is 12. The van der Waals surface area contributed by atoms with Gasteiger partial charge in [-0.1, -0.05) is 31.6 Å². The fourth-order valence-electron chi connectivity index (χ4n) is 8.25. The standard InChI is InChI=1S/C30H41FN2O11/c1-17-12-21-20-7-6-18-13-19(34)8-9-27(18,2)29(20,31)23(35)15-28(21,3)30(17,39)24(36)16-43-25(37)14-22(32)26(38)42-10-4-5-11-44-33(40)41/h6,8-9,17,20-23,35,39H,4-5,7,10-16,32H2,1-3H3/t17-,20+,21+,22?,23+,27+,28+,29+,30+/m1/s1. The molecule has 44 heavy (non-hydrogen) atoms. The predicted octanol–water partition coefficient (Wildman–Crippen LogP) is 1.70. The van der Waals surface area contributed by atoms with Crippen LogP contribution in [0, 0.1) is 38.7 Å². The number of allylic oxidation sites excluding steroid dienone is 4. The van der Waals surface area contributed by atoms with E-state index < -0.39 is 87.8 Å². The number of unbranched alkanes of at least 4 members (excludes halogenated alkanes) is 1. The first-order chi connectivity index (χ1) is 20.5. The minimum atomic E-state index is -2.12. The number of fused-ring (bicyclic) bond motifs is 5. The monoisotopic (exact) mass is 624 g/mol. The van der Waals surface area contributed by atoms with Gasteiger partial charge in [-0.05, 0) is 56.9 Å². The quantitative estimate of drug-likeness (QED) is 0.0933. The van der Waals surface area contributed by atoms with E-state index in [4.69, 9.17) is 15.2 Å². The molecule has 0 saturated heterocycles. The van der Waals surface area contributed by atoms with Crippen LogP contribution in [0.3, 0.4) is 0 Å². The Morgan fingerprint density at radius 1 is 1.20 bits per heavy atom. The largest absolute Gasteiger partial charge is 0.465 e. The summed E-state index contributed by atoms with van der Waals surface area (Å²) in [6.07, 6.45) is 3.53. The molecular weight excluding hydrogens is 583 g/mol. The lowest BCUT2D eigenvalue weighted by Gasteiger charge is -2.62. The maximum Gasteiger partial charge on any atom is 0.323 e. The predicted molar refractivity (Wildman–Crippen MR) is 150 cm³/mol. The summed E-state index contributed by atoms with van der Waals surface area (Å²) in [7, 11) is 0. The van der Waals surface area contributed by atoms with Crippen molar-refractivity contribution in [3.05, 3.63) is 33.9 Å². The number of nitrogens with two attached hydrogens (primary N) is 1. The van der Waals surface area contributed by atoms with Crippen LogP contribution in [0.15, 0.2) is 23.8 Å². The molecule has 4 rings (SSSR count). The summed E-state index contributed by atoms with van der Waals surface area (Å²) < 4.78 is 27.3. The zero-order valence-corrected chi connectivity index (χ0v) is 25.2. The fourth-order valence-corrected chi connectivity index (χ4v) is 8.25. The third kappa shape index (κ3) is 5.45. The van der Waals surface area contributed by atoms with Gasteiger partial charge in [0.25, 0.3) is 5.09 Å². The van der Waals surface area contributed by atoms with Crippen molar-refractivity contribution in [3.8, 4) is 0 Å². The smallest absolute Gasteiger partial charge is 0.323 e. The van der Waals surface area contributed by atoms with E-state index in [2.05, 4.69) is 4.84 Å². The molecular formula is C30H41FN2O11. The zero-order chi connectivity index (χ0) is 32.7. The number of aliphatic hydroxyl groups is 2. The molecule has 0 aromatic carbocycles. The molecule has 2 fully saturated rings. The molecule has 244 valence electrons. The molecule has 1 unspecified atom stereocenters. The summed E-state index contributed by atoms with van der Waals surface area (Å²) in [5, 5.41) is 32.6. The molecule has 0 spiro atoms. The van der Waals surface area contributed by atoms with Gasteiger partial charge in [-0.3, -0.25) is 19.2 Å². The van der Waals surface area contributed by atoms with Crippen molar-refractivity contribution in [1.82, 2.24) is 0 Å². The number of esters is 2. The van der Waals surface area contributed by atoms with E-state index in [9.17, 15) is 39.5 Å². The Bertz CT molecular complexity index is 1270. The maximum atomic E-state index is 17.3. The average Bonchev–Trinajstić information content (AvgIpc) is 3.15. The van der Waals surface area contributed by atoms with Crippen molar-refractivity contribution in [2.75, 3.05) is 19.8 Å². The number of Topliss-reactive ketones (excluding diaryl/α,β-unsaturated/α-hetero) is 1. The molecule has 0 aliphatic heterocycles. The van der Waals surface area contributed by atoms with Crippen molar-refractivity contribution in [2.24, 2.45) is 34.3 Å². The number of rotatable bonds is 12. The third-order valence-electron chi connectivity index (χ3n) is 10.6. The number of hydrogen-bond donors (Lipinski definition) is 3. The van der Waals surface area contributed by atoms with Crippen LogP contribution >= 0.6 is 0 Å². The molecule has 0 amide bonds. The topological polar surface area (TPSA) is 206 Å². The highest BCUT2D eigenvalue weighted by atomic mass is 19.1. The third-order valence-corrected chi connectivity index (χ3v) is 10.6. The van der Waals surface area contributed by atoms with Crippen LogP contribution in [0.5, 0.6) is 0 Å². The highest BCUT2D eigenvalue weighted by Gasteiger charge is 2.75. The number of carbonyl (C=O) groups excluding carboxylic acids is 4. The average molecular weight is 625 g/mol. The SMILES string of the molecule is C[C@@H]1C[C@H]2[C@@H]3CC=C4CC(=O)C=C[C@]4(C)[C@@]3(F)[C@@H](O)C[C@]2(C)[C@@]1(O)C(=O)COC(=O)CC(N)C(=O)OCCCCO[N+](=O)[O-]. The second-order valence-electron chi connectivity index (χ2n) is 13.0. The Hall–Kier alpha value is -3.23. The lowest BCUT2D eigenvalue weighted by atomic mass is 9.45. The minimum Gasteiger partial charge on any atom is -0.465 e. The molecule has 0 bridgehead atoms. The molecule has 0 aromatic rings. The molecule has 4 aliphatic rings. The summed E-state index contributed by atoms with van der Waals surface area (Å²) in [5.41, 5.74) is -0.257. The summed E-state index contributed by atoms with van der Waals surface area (Å²) in [6, 6.07) is -1.39. The van der Waals surface area contributed by atoms with Crippen molar-refractivity contribution < 1.29 is 53.2 Å². The minimum absolute atomic E-state index is 0.0764. The normalized spacial score (nSPS) is 38.0. The molecule has 13 nitrogen and oxygen atoms in total. The lowest BCUT2D eigenvalue weighted by Crippen LogP contribution is -2.69. The number of ketones is 2. The van der Waals surface area contributed by atoms with Gasteiger partial charge in [-0.2, -0.15) is 0 Å². The van der Waals surface area contributed by atoms with E-state index in [0.29, 0.717) is 12.0 Å². The van der Waals surface area contributed by atoms with E-state index in [1.165, 1.54) is 12.2 Å². The number of halogens is 1. The van der Waals surface area contributed by atoms with Crippen molar-refractivity contribution in [2.45, 2.75) is 89.1 Å². The molecule has 2 saturated carbocycles. The van der Waals surface area contributed by atoms with Crippen LogP contribution in [0.25, 0.3) is 0 Å². The number of carbonyl (C=O) groups is 4. The van der Waals surface area contributed by atoms with Crippen LogP contribution in [-0.2, 0) is 33.5 Å². The van der Waals surface area contributed by atoms with Gasteiger partial charge >= 0.3 is 11.9 Å². The Labute approximate surface area is 254 Å². The van der Waals surface area contributed by atoms with Crippen LogP contribution in [0.2, 0.25) is 0 Å². The molecule has 4 N–H and O–H groups in total. The highest BCUT2D eigenvalue weighted by molar-refractivity contribution is 5.94. The molecule has 0 aromatic heterocycles. The van der Waals surface area contributed by atoms with Gasteiger partial charge in [0.15, 0.2) is 18.1 Å². The van der Waals surface area contributed by atoms with Crippen molar-refractivity contribution in [1.29, 1.82) is 0 Å². The Morgan fingerprint density at radius 2 is 1.89 bits per heavy atom. The summed E-state index contributed by atoms with van der Waals surface area (Å²) in [5.74, 6) is -4.68. The van der Waals surface area contributed by atoms with Gasteiger partial charge in [0.2, 0.25) is 5.78 Å². The van der Waals surface area contributed by atoms with Gasteiger partial charge in [-0.25, -0.2) is 4.39 Å². The highest BCUT2D eigenvalue weighted by Crippen LogP contribution is 2.70. The van der Waals surface area contributed by atoms with Crippen molar-refractivity contribution in [3.63, 3.8) is 0 Å². The number of aliphatic hydroxyl groups excluding tert-OH is 1. The first kappa shape index (κ1) is 33.7. The van der Waals surface area contributed by atoms with Crippen LogP contribution in [-0.4, -0.2) is 82.0 Å². The Balaban J connectivity index is 1.38. The fraction of sp³-hybridized carbons (Fsp3) is 0.733. The zero-order valence-electron chi connectivity index (χ0n) is 25.2. The number of nitrogens with zero attached hydrogens (tertiary/aromatic N) is 1. The van der Waals surface area contributed by atoms with Crippen LogP contribution in [0.4, 0.5) is 4.39 Å². The molecule has 0 heterocycles. The summed E-state index contributed by atoms with van der Waals surface area (Å²) in [6.45, 7) is 3.96. The number of ether oxygens (including phenoxy) is 2. The molecule has 9 atom stereocenters. The van der Waals surface area contributed by atoms with Crippen molar-refractivity contribution >= 4 is 23.5 Å². The second kappa shape index (κ2) is 12.3. The van der Waals surface area contributed by atoms with Crippen LogP contribution < -0.4 is 5.73 Å². The first-order valence-corrected chi connectivity index (χ1v) is 14.9. The van der Waals surface area contributed by atoms with Gasteiger partial charge in [0.1, 0.15) is 11.6 Å². The summed E-state index contributed by atoms with van der Waals surface area (Å²) in [4.78, 5) is 64.4. The molecule has 4 aliphatic carbocycles. The molecule has 14 heteroatoms. The van der Waals surface area contributed by atoms with E-state index in [1.807, 2.05) is 6.08 Å². The van der Waals surface area contributed by atoms with Crippen LogP contribution in [0.1, 0.15) is 65.7 Å². The Morgan fingerprint density at radius 3 is 2.57 bits per heavy atom. The van der Waals surface area contributed by atoms with E-state index in [-0.39, 0.29) is 51.1 Å². The first-order valence-electron chi connectivity index (χ1n) is 14.9. The van der Waals surface area contributed by atoms with Gasteiger partial charge in [0.05, 0.1) is 25.7 Å². The summed E-state index contributed by atoms with van der Waals surface area (Å²) >= 11 is 0. The van der Waals surface area contributed by atoms with Gasteiger partial charge < -0.3 is 30.3 Å². The van der Waals surface area contributed by atoms with E-state index in [1.54, 1.807) is 20.8 Å². The lowest BCUT2D eigenvalue weighted by molar-refractivity contribution is -0.757. The van der Waals surface area contributed by atoms with Gasteiger partial charge in [0, 0.05) is 23.2 Å². The van der Waals surface area contributed by atoms with E-state index >= 15 is 4.39 Å². The van der Waals surface area contributed by atoms with E-state index in [0.717, 1.165) is 0 Å². The Kier molecular flexibility index (Phi) is 9.39. The maximum absolute atomic E-state index is 17.3. The number of alkyl halides is 1. The van der Waals surface area contributed by atoms with Gasteiger partial charge in [-0.15, -0.1) is 10.1 Å². The second-order valence-corrected chi connectivity index (χ2v) is 13.0.